The Morgan fingerprint density at radius 2 is 1.35 bits per heavy atom. The maximum Gasteiger partial charge on any atom is 0.139 e. The molecule has 23 heavy (non-hydrogen) atoms. The molecule has 0 bridgehead atoms. The van der Waals surface area contributed by atoms with Gasteiger partial charge < -0.3 is 4.90 Å². The summed E-state index contributed by atoms with van der Waals surface area (Å²) in [7, 11) is 4.22. The van der Waals surface area contributed by atoms with Gasteiger partial charge >= 0.3 is 0 Å². The van der Waals surface area contributed by atoms with Crippen molar-refractivity contribution >= 4 is 60.2 Å². The first-order valence-corrected chi connectivity index (χ1v) is 10.0. The van der Waals surface area contributed by atoms with E-state index in [0.717, 1.165) is 13.3 Å². The Bertz CT molecular complexity index is 704. The Labute approximate surface area is 163 Å². The molecule has 2 nitrogen and oxygen atoms in total. The summed E-state index contributed by atoms with van der Waals surface area (Å²) in [6, 6.07) is 16.9. The lowest BCUT2D eigenvalue weighted by molar-refractivity contribution is 0.122. The van der Waals surface area contributed by atoms with Crippen LogP contribution in [-0.2, 0) is 0 Å². The van der Waals surface area contributed by atoms with Crippen molar-refractivity contribution in [2.45, 2.75) is 11.5 Å². The molecule has 1 heterocycles. The second-order valence-corrected chi connectivity index (χ2v) is 9.03. The summed E-state index contributed by atoms with van der Waals surface area (Å²) >= 11 is 14.4. The van der Waals surface area contributed by atoms with E-state index in [0.29, 0.717) is 0 Å². The summed E-state index contributed by atoms with van der Waals surface area (Å²) < 4.78 is 3.10. The number of thiocarbonyl (C=S) groups is 1. The van der Waals surface area contributed by atoms with Crippen molar-refractivity contribution in [1.29, 1.82) is 0 Å². The van der Waals surface area contributed by atoms with Crippen LogP contribution in [0.25, 0.3) is 0 Å². The number of halogens is 2. The fourth-order valence-electron chi connectivity index (χ4n) is 2.79. The second-order valence-electron chi connectivity index (χ2n) is 5.49. The molecule has 0 aromatic heterocycles. The average Bonchev–Trinajstić information content (AvgIpc) is 2.54. The third-order valence-electron chi connectivity index (χ3n) is 3.95. The van der Waals surface area contributed by atoms with E-state index < -0.39 is 0 Å². The van der Waals surface area contributed by atoms with E-state index in [1.165, 1.54) is 11.1 Å². The van der Waals surface area contributed by atoms with Gasteiger partial charge in [0.2, 0.25) is 0 Å². The van der Waals surface area contributed by atoms with Gasteiger partial charge in [0.1, 0.15) is 10.5 Å². The topological polar surface area (TPSA) is 6.48 Å². The number of thioether (sulfide) groups is 1. The molecule has 2 atom stereocenters. The average molecular weight is 472 g/mol. The van der Waals surface area contributed by atoms with Crippen molar-refractivity contribution in [3.8, 4) is 0 Å². The largest absolute Gasteiger partial charge is 0.341 e. The number of nitrogens with zero attached hydrogens (tertiary/aromatic N) is 2. The standard InChI is InChI=1S/C17H16Br2N2S2/c1-20-15(11-3-7-13(18)8-4-11)21(2)17(22)23-16(20)12-5-9-14(19)10-6-12/h3-10,15-16H,1-2H3/t15-,16+/m1/s1. The molecule has 1 fully saturated rings. The van der Waals surface area contributed by atoms with Crippen LogP contribution in [0.15, 0.2) is 57.5 Å². The molecule has 6 heteroatoms. The minimum Gasteiger partial charge on any atom is -0.341 e. The number of hydrogen-bond acceptors (Lipinski definition) is 3. The second kappa shape index (κ2) is 7.23. The maximum atomic E-state index is 5.63. The van der Waals surface area contributed by atoms with Gasteiger partial charge in [0, 0.05) is 16.0 Å². The van der Waals surface area contributed by atoms with E-state index in [2.05, 4.69) is 104 Å². The van der Waals surface area contributed by atoms with Gasteiger partial charge in [-0.05, 0) is 42.4 Å². The third kappa shape index (κ3) is 3.66. The summed E-state index contributed by atoms with van der Waals surface area (Å²) in [5, 5.41) is 0.209. The van der Waals surface area contributed by atoms with Crippen molar-refractivity contribution < 1.29 is 0 Å². The minimum atomic E-state index is 0.130. The maximum absolute atomic E-state index is 5.63. The molecular formula is C17H16Br2N2S2. The Morgan fingerprint density at radius 1 is 0.870 bits per heavy atom. The normalized spacial score (nSPS) is 22.4. The molecule has 3 rings (SSSR count). The Kier molecular flexibility index (Phi) is 5.48. The van der Waals surface area contributed by atoms with Gasteiger partial charge in [-0.15, -0.1) is 0 Å². The highest BCUT2D eigenvalue weighted by atomic mass is 79.9. The fourth-order valence-corrected chi connectivity index (χ4v) is 4.72. The Hall–Kier alpha value is -0.400. The minimum absolute atomic E-state index is 0.130. The molecule has 0 aliphatic carbocycles. The molecule has 1 saturated heterocycles. The summed E-state index contributed by atoms with van der Waals surface area (Å²) in [6.45, 7) is 0. The summed E-state index contributed by atoms with van der Waals surface area (Å²) in [5.41, 5.74) is 2.50. The molecule has 0 amide bonds. The first kappa shape index (κ1) is 17.4. The van der Waals surface area contributed by atoms with Gasteiger partial charge in [0.25, 0.3) is 0 Å². The van der Waals surface area contributed by atoms with Crippen LogP contribution < -0.4 is 0 Å². The number of hydrogen-bond donors (Lipinski definition) is 0. The lowest BCUT2D eigenvalue weighted by Gasteiger charge is -2.46. The molecular weight excluding hydrogens is 456 g/mol. The van der Waals surface area contributed by atoms with Crippen LogP contribution >= 0.6 is 55.8 Å². The van der Waals surface area contributed by atoms with Gasteiger partial charge in [0.15, 0.2) is 0 Å². The predicted molar refractivity (Wildman–Crippen MR) is 109 cm³/mol. The molecule has 0 unspecified atom stereocenters. The van der Waals surface area contributed by atoms with Crippen molar-refractivity contribution in [1.82, 2.24) is 9.80 Å². The van der Waals surface area contributed by atoms with E-state index in [9.17, 15) is 0 Å². The van der Waals surface area contributed by atoms with Crippen LogP contribution in [0.2, 0.25) is 0 Å². The van der Waals surface area contributed by atoms with Crippen LogP contribution in [0.1, 0.15) is 22.7 Å². The van der Waals surface area contributed by atoms with E-state index >= 15 is 0 Å². The lowest BCUT2D eigenvalue weighted by Crippen LogP contribution is -2.45. The monoisotopic (exact) mass is 470 g/mol. The number of benzene rings is 2. The van der Waals surface area contributed by atoms with Gasteiger partial charge in [-0.2, -0.15) is 0 Å². The lowest BCUT2D eigenvalue weighted by atomic mass is 10.1. The Morgan fingerprint density at radius 3 is 1.87 bits per heavy atom. The zero-order valence-electron chi connectivity index (χ0n) is 12.7. The molecule has 1 aliphatic heterocycles. The zero-order valence-corrected chi connectivity index (χ0v) is 17.5. The van der Waals surface area contributed by atoms with Gasteiger partial charge in [0.05, 0.1) is 5.37 Å². The molecule has 2 aromatic carbocycles. The molecule has 1 aliphatic rings. The number of rotatable bonds is 2. The van der Waals surface area contributed by atoms with Crippen LogP contribution in [0, 0.1) is 0 Å². The highest BCUT2D eigenvalue weighted by Gasteiger charge is 2.36. The summed E-state index contributed by atoms with van der Waals surface area (Å²) in [6.07, 6.45) is 0.130. The highest BCUT2D eigenvalue weighted by molar-refractivity contribution is 9.10. The van der Waals surface area contributed by atoms with Crippen molar-refractivity contribution in [2.24, 2.45) is 0 Å². The molecule has 0 N–H and O–H groups in total. The molecule has 0 spiro atoms. The quantitative estimate of drug-likeness (QED) is 0.510. The van der Waals surface area contributed by atoms with Crippen molar-refractivity contribution in [3.05, 3.63) is 68.6 Å². The van der Waals surface area contributed by atoms with E-state index in [4.69, 9.17) is 12.2 Å². The van der Waals surface area contributed by atoms with Crippen molar-refractivity contribution in [2.75, 3.05) is 14.1 Å². The van der Waals surface area contributed by atoms with E-state index in [1.807, 2.05) is 0 Å². The Balaban J connectivity index is 1.96. The van der Waals surface area contributed by atoms with Crippen LogP contribution in [0.3, 0.4) is 0 Å². The van der Waals surface area contributed by atoms with Gasteiger partial charge in [-0.25, -0.2) is 0 Å². The molecule has 0 saturated carbocycles. The smallest absolute Gasteiger partial charge is 0.139 e. The fraction of sp³-hybridized carbons (Fsp3) is 0.235. The van der Waals surface area contributed by atoms with Crippen LogP contribution in [0.5, 0.6) is 0 Å². The first-order valence-electron chi connectivity index (χ1n) is 7.13. The van der Waals surface area contributed by atoms with E-state index in [1.54, 1.807) is 11.8 Å². The van der Waals surface area contributed by atoms with Gasteiger partial charge in [-0.3, -0.25) is 4.90 Å². The van der Waals surface area contributed by atoms with Crippen molar-refractivity contribution in [3.63, 3.8) is 0 Å². The van der Waals surface area contributed by atoms with Crippen LogP contribution in [-0.4, -0.2) is 28.2 Å². The summed E-state index contributed by atoms with van der Waals surface area (Å²) in [4.78, 5) is 4.53. The van der Waals surface area contributed by atoms with E-state index in [-0.39, 0.29) is 11.5 Å². The third-order valence-corrected chi connectivity index (χ3v) is 6.90. The van der Waals surface area contributed by atoms with Crippen LogP contribution in [0.4, 0.5) is 0 Å². The van der Waals surface area contributed by atoms with Gasteiger partial charge in [-0.1, -0.05) is 80.1 Å². The highest BCUT2D eigenvalue weighted by Crippen LogP contribution is 2.45. The SMILES string of the molecule is CN1C(=S)S[C@@H](c2ccc(Br)cc2)N(C)[C@H]1c1ccc(Br)cc1. The predicted octanol–water partition coefficient (Wildman–Crippen LogP) is 5.80. The summed E-state index contributed by atoms with van der Waals surface area (Å²) in [5.74, 6) is 0. The molecule has 0 radical (unpaired) electrons. The first-order chi connectivity index (χ1) is 11.0. The molecule has 120 valence electrons. The zero-order chi connectivity index (χ0) is 16.6. The molecule has 2 aromatic rings.